The average Bonchev–Trinajstić information content (AvgIpc) is 2.16. The number of aliphatic hydroxyl groups is 1. The van der Waals surface area contributed by atoms with Crippen LogP contribution in [0, 0.1) is 0 Å². The summed E-state index contributed by atoms with van der Waals surface area (Å²) in [6.07, 6.45) is 0.459. The van der Waals surface area contributed by atoms with Crippen LogP contribution in [0.3, 0.4) is 0 Å². The molecule has 0 aliphatic rings. The second kappa shape index (κ2) is 5.75. The molecule has 0 aliphatic heterocycles. The number of hydrogen-bond acceptors (Lipinski definition) is 3. The molecule has 0 bridgehead atoms. The number of aliphatic hydroxyl groups excluding tert-OH is 1. The molecular weight excluding hydrogens is 167 g/mol. The van der Waals surface area contributed by atoms with E-state index in [0.717, 1.165) is 5.56 Å². The van der Waals surface area contributed by atoms with Gasteiger partial charge in [-0.15, -0.1) is 0 Å². The van der Waals surface area contributed by atoms with Gasteiger partial charge in [0.25, 0.3) is 0 Å². The van der Waals surface area contributed by atoms with Gasteiger partial charge in [0.1, 0.15) is 0 Å². The van der Waals surface area contributed by atoms with Gasteiger partial charge in [-0.3, -0.25) is 0 Å². The van der Waals surface area contributed by atoms with E-state index in [0.29, 0.717) is 6.32 Å². The first kappa shape index (κ1) is 10.2. The van der Waals surface area contributed by atoms with Crippen molar-refractivity contribution < 1.29 is 14.8 Å². The monoisotopic (exact) mass is 180 g/mol. The smallest absolute Gasteiger partial charge is 0.427 e. The SMILES string of the molecule is OCCOB(O)Cc1ccccc1. The van der Waals surface area contributed by atoms with Crippen molar-refractivity contribution in [3.8, 4) is 0 Å². The van der Waals surface area contributed by atoms with E-state index in [4.69, 9.17) is 9.76 Å². The van der Waals surface area contributed by atoms with Crippen molar-refractivity contribution in [1.29, 1.82) is 0 Å². The molecule has 13 heavy (non-hydrogen) atoms. The van der Waals surface area contributed by atoms with Crippen molar-refractivity contribution in [2.45, 2.75) is 6.32 Å². The van der Waals surface area contributed by atoms with Crippen LogP contribution in [-0.4, -0.2) is 30.5 Å². The van der Waals surface area contributed by atoms with E-state index in [1.807, 2.05) is 30.3 Å². The third-order valence-corrected chi connectivity index (χ3v) is 1.65. The second-order valence-corrected chi connectivity index (χ2v) is 2.74. The number of hydrogen-bond donors (Lipinski definition) is 2. The van der Waals surface area contributed by atoms with Gasteiger partial charge in [0, 0.05) is 6.32 Å². The lowest BCUT2D eigenvalue weighted by atomic mass is 9.81. The first-order valence-corrected chi connectivity index (χ1v) is 4.27. The molecule has 1 rings (SSSR count). The largest absolute Gasteiger partial charge is 0.458 e. The first-order chi connectivity index (χ1) is 6.33. The molecule has 0 radical (unpaired) electrons. The molecule has 0 unspecified atom stereocenters. The van der Waals surface area contributed by atoms with Gasteiger partial charge in [0.15, 0.2) is 0 Å². The summed E-state index contributed by atoms with van der Waals surface area (Å²) in [5, 5.41) is 17.7. The Labute approximate surface area is 78.1 Å². The highest BCUT2D eigenvalue weighted by atomic mass is 16.5. The molecule has 3 nitrogen and oxygen atoms in total. The predicted octanol–water partition coefficient (Wildman–Crippen LogP) is 0.258. The van der Waals surface area contributed by atoms with Gasteiger partial charge in [0.2, 0.25) is 0 Å². The average molecular weight is 180 g/mol. The van der Waals surface area contributed by atoms with E-state index in [9.17, 15) is 5.02 Å². The summed E-state index contributed by atoms with van der Waals surface area (Å²) in [5.74, 6) is 0. The van der Waals surface area contributed by atoms with Crippen LogP contribution in [-0.2, 0) is 11.0 Å². The molecule has 1 aromatic carbocycles. The Hall–Kier alpha value is -0.835. The van der Waals surface area contributed by atoms with E-state index in [-0.39, 0.29) is 13.2 Å². The molecule has 0 heterocycles. The molecule has 2 N–H and O–H groups in total. The molecule has 70 valence electrons. The van der Waals surface area contributed by atoms with Crippen molar-refractivity contribution >= 4 is 7.12 Å². The summed E-state index contributed by atoms with van der Waals surface area (Å²) in [6, 6.07) is 9.59. The van der Waals surface area contributed by atoms with Gasteiger partial charge in [-0.05, 0) is 0 Å². The van der Waals surface area contributed by atoms with Gasteiger partial charge < -0.3 is 14.8 Å². The van der Waals surface area contributed by atoms with Crippen LogP contribution in [0.15, 0.2) is 30.3 Å². The zero-order chi connectivity index (χ0) is 9.52. The number of rotatable bonds is 5. The Morgan fingerprint density at radius 1 is 1.23 bits per heavy atom. The lowest BCUT2D eigenvalue weighted by Gasteiger charge is -2.05. The summed E-state index contributed by atoms with van der Waals surface area (Å²) >= 11 is 0. The van der Waals surface area contributed by atoms with Gasteiger partial charge in [-0.25, -0.2) is 0 Å². The maximum atomic E-state index is 9.30. The maximum absolute atomic E-state index is 9.30. The Morgan fingerprint density at radius 3 is 2.54 bits per heavy atom. The van der Waals surface area contributed by atoms with Crippen LogP contribution in [0.25, 0.3) is 0 Å². The quantitative estimate of drug-likeness (QED) is 0.639. The Bertz CT molecular complexity index is 228. The fourth-order valence-corrected chi connectivity index (χ4v) is 1.06. The van der Waals surface area contributed by atoms with E-state index >= 15 is 0 Å². The first-order valence-electron chi connectivity index (χ1n) is 4.27. The van der Waals surface area contributed by atoms with Crippen molar-refractivity contribution in [3.63, 3.8) is 0 Å². The third-order valence-electron chi connectivity index (χ3n) is 1.65. The van der Waals surface area contributed by atoms with E-state index in [1.54, 1.807) is 0 Å². The molecule has 0 aliphatic carbocycles. The summed E-state index contributed by atoms with van der Waals surface area (Å²) in [4.78, 5) is 0. The van der Waals surface area contributed by atoms with Crippen LogP contribution in [0.5, 0.6) is 0 Å². The fourth-order valence-electron chi connectivity index (χ4n) is 1.06. The van der Waals surface area contributed by atoms with E-state index in [2.05, 4.69) is 0 Å². The lowest BCUT2D eigenvalue weighted by Crippen LogP contribution is -2.23. The zero-order valence-corrected chi connectivity index (χ0v) is 7.39. The normalized spacial score (nSPS) is 10.0. The highest BCUT2D eigenvalue weighted by Gasteiger charge is 2.12. The predicted molar refractivity (Wildman–Crippen MR) is 51.2 cm³/mol. The summed E-state index contributed by atoms with van der Waals surface area (Å²) in [5.41, 5.74) is 1.02. The molecule has 1 aromatic rings. The van der Waals surface area contributed by atoms with Gasteiger partial charge >= 0.3 is 7.12 Å². The van der Waals surface area contributed by atoms with E-state index < -0.39 is 7.12 Å². The van der Waals surface area contributed by atoms with Crippen molar-refractivity contribution in [2.75, 3.05) is 13.2 Å². The standard InChI is InChI=1S/C9H13BO3/c11-6-7-13-10(12)8-9-4-2-1-3-5-9/h1-5,11-12H,6-8H2. The highest BCUT2D eigenvalue weighted by molar-refractivity contribution is 6.42. The van der Waals surface area contributed by atoms with Crippen LogP contribution < -0.4 is 0 Å². The Kier molecular flexibility index (Phi) is 4.53. The summed E-state index contributed by atoms with van der Waals surface area (Å²) in [6.45, 7) is 0.111. The fraction of sp³-hybridized carbons (Fsp3) is 0.333. The summed E-state index contributed by atoms with van der Waals surface area (Å²) in [7, 11) is -0.824. The van der Waals surface area contributed by atoms with E-state index in [1.165, 1.54) is 0 Å². The topological polar surface area (TPSA) is 49.7 Å². The molecule has 0 saturated heterocycles. The lowest BCUT2D eigenvalue weighted by molar-refractivity contribution is 0.178. The molecular formula is C9H13BO3. The minimum Gasteiger partial charge on any atom is -0.427 e. The van der Waals surface area contributed by atoms with Gasteiger partial charge in [0.05, 0.1) is 13.2 Å². The van der Waals surface area contributed by atoms with Crippen molar-refractivity contribution in [3.05, 3.63) is 35.9 Å². The molecule has 0 amide bonds. The molecule has 0 aromatic heterocycles. The van der Waals surface area contributed by atoms with Gasteiger partial charge in [-0.1, -0.05) is 35.9 Å². The maximum Gasteiger partial charge on any atom is 0.458 e. The minimum absolute atomic E-state index is 0.0636. The Morgan fingerprint density at radius 2 is 1.92 bits per heavy atom. The molecule has 0 fully saturated rings. The molecule has 0 saturated carbocycles. The Balaban J connectivity index is 2.32. The van der Waals surface area contributed by atoms with Crippen LogP contribution >= 0.6 is 0 Å². The van der Waals surface area contributed by atoms with Crippen molar-refractivity contribution in [2.24, 2.45) is 0 Å². The molecule has 4 heteroatoms. The second-order valence-electron chi connectivity index (χ2n) is 2.74. The highest BCUT2D eigenvalue weighted by Crippen LogP contribution is 2.01. The number of benzene rings is 1. The molecule has 0 spiro atoms. The van der Waals surface area contributed by atoms with Crippen LogP contribution in [0.2, 0.25) is 0 Å². The summed E-state index contributed by atoms with van der Waals surface area (Å²) < 4.78 is 4.90. The third kappa shape index (κ3) is 4.08. The van der Waals surface area contributed by atoms with Crippen LogP contribution in [0.1, 0.15) is 5.56 Å². The van der Waals surface area contributed by atoms with Crippen molar-refractivity contribution in [1.82, 2.24) is 0 Å². The zero-order valence-electron chi connectivity index (χ0n) is 7.39. The van der Waals surface area contributed by atoms with Crippen LogP contribution in [0.4, 0.5) is 0 Å². The molecule has 0 atom stereocenters. The van der Waals surface area contributed by atoms with Gasteiger partial charge in [-0.2, -0.15) is 0 Å². The minimum atomic E-state index is -0.824.